The Morgan fingerprint density at radius 1 is 0.941 bits per heavy atom. The molecule has 0 aliphatic rings. The highest BCUT2D eigenvalue weighted by Crippen LogP contribution is 2.24. The van der Waals surface area contributed by atoms with Crippen LogP contribution < -0.4 is 11.3 Å². The molecule has 0 bridgehead atoms. The zero-order valence-electron chi connectivity index (χ0n) is 9.10. The molecule has 1 atom stereocenters. The van der Waals surface area contributed by atoms with Crippen LogP contribution in [0.25, 0.3) is 0 Å². The molecule has 0 fully saturated rings. The minimum Gasteiger partial charge on any atom is -0.508 e. The molecule has 0 radical (unpaired) electrons. The number of benzene rings is 2. The molecule has 0 aliphatic heterocycles. The van der Waals surface area contributed by atoms with Crippen LogP contribution in [0.4, 0.5) is 0 Å². The monoisotopic (exact) mass is 248 g/mol. The number of halogens is 1. The number of nitrogens with two attached hydrogens (primary N) is 1. The minimum atomic E-state index is -0.118. The topological polar surface area (TPSA) is 58.3 Å². The van der Waals surface area contributed by atoms with Crippen LogP contribution in [-0.4, -0.2) is 5.11 Å². The van der Waals surface area contributed by atoms with E-state index in [1.165, 1.54) is 0 Å². The molecule has 0 aromatic heterocycles. The summed E-state index contributed by atoms with van der Waals surface area (Å²) in [6, 6.07) is 14.3. The first-order chi connectivity index (χ1) is 8.20. The maximum Gasteiger partial charge on any atom is 0.115 e. The van der Waals surface area contributed by atoms with Gasteiger partial charge in [-0.1, -0.05) is 35.9 Å². The van der Waals surface area contributed by atoms with Crippen LogP contribution in [0.15, 0.2) is 48.5 Å². The first kappa shape index (κ1) is 11.9. The van der Waals surface area contributed by atoms with Crippen LogP contribution >= 0.6 is 11.6 Å². The zero-order chi connectivity index (χ0) is 12.3. The fourth-order valence-corrected chi connectivity index (χ4v) is 1.83. The van der Waals surface area contributed by atoms with E-state index in [1.807, 2.05) is 36.4 Å². The maximum atomic E-state index is 9.25. The molecule has 2 aromatic carbocycles. The molecule has 0 heterocycles. The molecule has 0 amide bonds. The molecular formula is C13H13ClN2O. The number of hydrogen-bond donors (Lipinski definition) is 3. The van der Waals surface area contributed by atoms with Crippen LogP contribution in [-0.2, 0) is 0 Å². The van der Waals surface area contributed by atoms with Gasteiger partial charge in [-0.2, -0.15) is 0 Å². The van der Waals surface area contributed by atoms with Gasteiger partial charge in [0.1, 0.15) is 5.75 Å². The van der Waals surface area contributed by atoms with E-state index >= 15 is 0 Å². The third-order valence-corrected chi connectivity index (χ3v) is 2.85. The molecule has 88 valence electrons. The lowest BCUT2D eigenvalue weighted by molar-refractivity contribution is 0.474. The van der Waals surface area contributed by atoms with Crippen LogP contribution in [0.2, 0.25) is 5.02 Å². The highest BCUT2D eigenvalue weighted by Gasteiger charge is 2.11. The van der Waals surface area contributed by atoms with Gasteiger partial charge in [0, 0.05) is 5.02 Å². The van der Waals surface area contributed by atoms with Crippen LogP contribution in [0.3, 0.4) is 0 Å². The largest absolute Gasteiger partial charge is 0.508 e. The van der Waals surface area contributed by atoms with Crippen LogP contribution in [0, 0.1) is 0 Å². The van der Waals surface area contributed by atoms with Crippen molar-refractivity contribution in [1.29, 1.82) is 0 Å². The SMILES string of the molecule is NN[C@@H](c1ccc(O)cc1)c1ccc(Cl)cc1. The average molecular weight is 249 g/mol. The summed E-state index contributed by atoms with van der Waals surface area (Å²) in [5.74, 6) is 5.80. The Labute approximate surface area is 105 Å². The number of hydrazine groups is 1. The third-order valence-electron chi connectivity index (χ3n) is 2.60. The van der Waals surface area contributed by atoms with Gasteiger partial charge in [-0.3, -0.25) is 5.84 Å². The molecule has 2 aromatic rings. The Hall–Kier alpha value is -1.55. The average Bonchev–Trinajstić information content (AvgIpc) is 2.35. The number of phenolic OH excluding ortho intramolecular Hbond substituents is 1. The van der Waals surface area contributed by atoms with Gasteiger partial charge in [-0.05, 0) is 35.4 Å². The summed E-state index contributed by atoms with van der Waals surface area (Å²) >= 11 is 5.84. The van der Waals surface area contributed by atoms with Gasteiger partial charge in [-0.15, -0.1) is 0 Å². The van der Waals surface area contributed by atoms with Crippen molar-refractivity contribution in [3.05, 3.63) is 64.7 Å². The predicted molar refractivity (Wildman–Crippen MR) is 68.7 cm³/mol. The van der Waals surface area contributed by atoms with E-state index in [0.29, 0.717) is 5.02 Å². The van der Waals surface area contributed by atoms with Crippen molar-refractivity contribution in [3.8, 4) is 5.75 Å². The van der Waals surface area contributed by atoms with Gasteiger partial charge in [0.05, 0.1) is 6.04 Å². The lowest BCUT2D eigenvalue weighted by Gasteiger charge is -2.17. The Kier molecular flexibility index (Phi) is 3.64. The standard InChI is InChI=1S/C13H13ClN2O/c14-11-5-1-9(2-6-11)13(16-15)10-3-7-12(17)8-4-10/h1-8,13,16-17H,15H2/t13-/m1/s1. The summed E-state index contributed by atoms with van der Waals surface area (Å²) in [6.45, 7) is 0. The summed E-state index contributed by atoms with van der Waals surface area (Å²) < 4.78 is 0. The smallest absolute Gasteiger partial charge is 0.115 e. The second-order valence-electron chi connectivity index (χ2n) is 3.74. The summed E-state index contributed by atoms with van der Waals surface area (Å²) in [5, 5.41) is 9.94. The quantitative estimate of drug-likeness (QED) is 0.578. The summed E-state index contributed by atoms with van der Waals surface area (Å²) in [5.41, 5.74) is 4.74. The maximum absolute atomic E-state index is 9.25. The summed E-state index contributed by atoms with van der Waals surface area (Å²) in [4.78, 5) is 0. The van der Waals surface area contributed by atoms with E-state index in [9.17, 15) is 5.11 Å². The third kappa shape index (κ3) is 2.77. The van der Waals surface area contributed by atoms with Crippen molar-refractivity contribution in [2.45, 2.75) is 6.04 Å². The summed E-state index contributed by atoms with van der Waals surface area (Å²) in [6.07, 6.45) is 0. The Bertz CT molecular complexity index is 436. The van der Waals surface area contributed by atoms with Gasteiger partial charge in [0.2, 0.25) is 0 Å². The Balaban J connectivity index is 2.33. The van der Waals surface area contributed by atoms with E-state index < -0.39 is 0 Å². The van der Waals surface area contributed by atoms with Crippen molar-refractivity contribution < 1.29 is 5.11 Å². The second kappa shape index (κ2) is 5.19. The first-order valence-electron chi connectivity index (χ1n) is 5.21. The second-order valence-corrected chi connectivity index (χ2v) is 4.18. The van der Waals surface area contributed by atoms with E-state index in [0.717, 1.165) is 11.1 Å². The van der Waals surface area contributed by atoms with Gasteiger partial charge >= 0.3 is 0 Å². The lowest BCUT2D eigenvalue weighted by atomic mass is 9.99. The van der Waals surface area contributed by atoms with Crippen molar-refractivity contribution >= 4 is 11.6 Å². The number of nitrogens with one attached hydrogen (secondary N) is 1. The zero-order valence-corrected chi connectivity index (χ0v) is 9.85. The van der Waals surface area contributed by atoms with Gasteiger partial charge < -0.3 is 5.11 Å². The lowest BCUT2D eigenvalue weighted by Crippen LogP contribution is -2.28. The van der Waals surface area contributed by atoms with Crippen molar-refractivity contribution in [2.24, 2.45) is 5.84 Å². The number of phenols is 1. The van der Waals surface area contributed by atoms with Crippen molar-refractivity contribution in [3.63, 3.8) is 0 Å². The molecule has 0 spiro atoms. The van der Waals surface area contributed by atoms with Gasteiger partial charge in [-0.25, -0.2) is 5.43 Å². The van der Waals surface area contributed by atoms with E-state index in [-0.39, 0.29) is 11.8 Å². The number of rotatable bonds is 3. The minimum absolute atomic E-state index is 0.118. The van der Waals surface area contributed by atoms with Gasteiger partial charge in [0.25, 0.3) is 0 Å². The van der Waals surface area contributed by atoms with Crippen molar-refractivity contribution in [2.75, 3.05) is 0 Å². The highest BCUT2D eigenvalue weighted by molar-refractivity contribution is 6.30. The fourth-order valence-electron chi connectivity index (χ4n) is 1.71. The highest BCUT2D eigenvalue weighted by atomic mass is 35.5. The molecule has 4 heteroatoms. The van der Waals surface area contributed by atoms with Crippen molar-refractivity contribution in [1.82, 2.24) is 5.43 Å². The number of hydrogen-bond acceptors (Lipinski definition) is 3. The molecule has 2 rings (SSSR count). The van der Waals surface area contributed by atoms with Gasteiger partial charge in [0.15, 0.2) is 0 Å². The molecule has 0 saturated carbocycles. The molecular weight excluding hydrogens is 236 g/mol. The summed E-state index contributed by atoms with van der Waals surface area (Å²) in [7, 11) is 0. The van der Waals surface area contributed by atoms with Crippen LogP contribution in [0.1, 0.15) is 17.2 Å². The molecule has 0 aliphatic carbocycles. The normalized spacial score (nSPS) is 12.4. The van der Waals surface area contributed by atoms with E-state index in [2.05, 4.69) is 5.43 Å². The van der Waals surface area contributed by atoms with E-state index in [1.54, 1.807) is 12.1 Å². The fraction of sp³-hybridized carbons (Fsp3) is 0.0769. The molecule has 0 unspecified atom stereocenters. The first-order valence-corrected chi connectivity index (χ1v) is 5.59. The predicted octanol–water partition coefficient (Wildman–Crippen LogP) is 2.60. The Morgan fingerprint density at radius 2 is 1.41 bits per heavy atom. The Morgan fingerprint density at radius 3 is 1.88 bits per heavy atom. The molecule has 17 heavy (non-hydrogen) atoms. The van der Waals surface area contributed by atoms with E-state index in [4.69, 9.17) is 17.4 Å². The van der Waals surface area contributed by atoms with Crippen LogP contribution in [0.5, 0.6) is 5.75 Å². The molecule has 4 N–H and O–H groups in total. The molecule has 0 saturated heterocycles. The molecule has 3 nitrogen and oxygen atoms in total. The number of aromatic hydroxyl groups is 1.